The van der Waals surface area contributed by atoms with Gasteiger partial charge in [-0.1, -0.05) is 26.7 Å². The second-order valence-electron chi connectivity index (χ2n) is 10.5. The summed E-state index contributed by atoms with van der Waals surface area (Å²) in [6.07, 6.45) is 4.64. The topological polar surface area (TPSA) is 66.3 Å². The van der Waals surface area contributed by atoms with E-state index in [-0.39, 0.29) is 5.78 Å². The van der Waals surface area contributed by atoms with Gasteiger partial charge in [-0.2, -0.15) is 0 Å². The molecule has 0 bridgehead atoms. The van der Waals surface area contributed by atoms with E-state index in [0.29, 0.717) is 17.6 Å². The van der Waals surface area contributed by atoms with Crippen LogP contribution in [0.2, 0.25) is 0 Å². The van der Waals surface area contributed by atoms with Gasteiger partial charge in [0.05, 0.1) is 0 Å². The highest BCUT2D eigenvalue weighted by atomic mass is 16.1. The standard InChI is InChI=1S/C30H46N6O/c1-8-10-18-34(19-11-9-2)28-17-16-27-29(33-28)36(21-20-35(22(3)4)23(5)6)30(32-27)31-26-14-12-25(13-15-26)24(7)37/h12-17,22-23H,8-11,18-21H2,1-7H3,(H,31,32). The molecule has 202 valence electrons. The van der Waals surface area contributed by atoms with E-state index in [1.807, 2.05) is 24.3 Å². The molecule has 0 saturated heterocycles. The van der Waals surface area contributed by atoms with Crippen molar-refractivity contribution in [1.29, 1.82) is 0 Å². The maximum absolute atomic E-state index is 11.7. The molecular weight excluding hydrogens is 460 g/mol. The van der Waals surface area contributed by atoms with Gasteiger partial charge in [0.1, 0.15) is 11.3 Å². The lowest BCUT2D eigenvalue weighted by Gasteiger charge is -2.30. The van der Waals surface area contributed by atoms with Crippen LogP contribution >= 0.6 is 0 Å². The fraction of sp³-hybridized carbons (Fsp3) is 0.567. The summed E-state index contributed by atoms with van der Waals surface area (Å²) in [5, 5.41) is 3.50. The Labute approximate surface area is 223 Å². The second-order valence-corrected chi connectivity index (χ2v) is 10.5. The Morgan fingerprint density at radius 1 is 0.892 bits per heavy atom. The number of hydrogen-bond acceptors (Lipinski definition) is 6. The van der Waals surface area contributed by atoms with Crippen LogP contribution in [0.4, 0.5) is 17.5 Å². The van der Waals surface area contributed by atoms with Crippen LogP contribution in [0.25, 0.3) is 11.2 Å². The molecule has 2 aromatic heterocycles. The number of carbonyl (C=O) groups excluding carboxylic acids is 1. The van der Waals surface area contributed by atoms with E-state index >= 15 is 0 Å². The molecule has 0 aliphatic rings. The predicted molar refractivity (Wildman–Crippen MR) is 156 cm³/mol. The molecule has 0 unspecified atom stereocenters. The zero-order chi connectivity index (χ0) is 26.9. The number of unbranched alkanes of at least 4 members (excludes halogenated alkanes) is 2. The minimum Gasteiger partial charge on any atom is -0.357 e. The van der Waals surface area contributed by atoms with Gasteiger partial charge in [0, 0.05) is 49.5 Å². The molecule has 3 aromatic rings. The van der Waals surface area contributed by atoms with Gasteiger partial charge in [-0.15, -0.1) is 0 Å². The van der Waals surface area contributed by atoms with Gasteiger partial charge >= 0.3 is 0 Å². The van der Waals surface area contributed by atoms with E-state index in [9.17, 15) is 4.79 Å². The molecule has 1 N–H and O–H groups in total. The number of ketones is 1. The average molecular weight is 507 g/mol. The third-order valence-electron chi connectivity index (χ3n) is 6.92. The first-order chi connectivity index (χ1) is 17.7. The normalized spacial score (nSPS) is 11.7. The summed E-state index contributed by atoms with van der Waals surface area (Å²) < 4.78 is 2.22. The summed E-state index contributed by atoms with van der Waals surface area (Å²) in [5.74, 6) is 1.86. The van der Waals surface area contributed by atoms with Gasteiger partial charge in [-0.3, -0.25) is 14.3 Å². The lowest BCUT2D eigenvalue weighted by molar-refractivity contribution is 0.101. The highest BCUT2D eigenvalue weighted by molar-refractivity contribution is 5.94. The number of imidazole rings is 1. The first-order valence-corrected chi connectivity index (χ1v) is 14.0. The molecular formula is C30H46N6O. The molecule has 0 aliphatic heterocycles. The van der Waals surface area contributed by atoms with Crippen molar-refractivity contribution in [3.63, 3.8) is 0 Å². The average Bonchev–Trinajstić information content (AvgIpc) is 3.20. The van der Waals surface area contributed by atoms with Crippen LogP contribution < -0.4 is 10.2 Å². The number of pyridine rings is 1. The summed E-state index contributed by atoms with van der Waals surface area (Å²) in [6.45, 7) is 18.8. The van der Waals surface area contributed by atoms with E-state index in [1.165, 1.54) is 12.8 Å². The number of fused-ring (bicyclic) bond motifs is 1. The van der Waals surface area contributed by atoms with Crippen molar-refractivity contribution >= 4 is 34.4 Å². The Kier molecular flexibility index (Phi) is 10.5. The zero-order valence-electron chi connectivity index (χ0n) is 23.9. The van der Waals surface area contributed by atoms with Crippen molar-refractivity contribution in [3.05, 3.63) is 42.0 Å². The third kappa shape index (κ3) is 7.54. The lowest BCUT2D eigenvalue weighted by atomic mass is 10.1. The van der Waals surface area contributed by atoms with Crippen molar-refractivity contribution in [3.8, 4) is 0 Å². The van der Waals surface area contributed by atoms with E-state index in [4.69, 9.17) is 9.97 Å². The molecule has 7 nitrogen and oxygen atoms in total. The van der Waals surface area contributed by atoms with Crippen LogP contribution in [0.1, 0.15) is 84.5 Å². The van der Waals surface area contributed by atoms with Crippen LogP contribution in [-0.2, 0) is 6.54 Å². The fourth-order valence-electron chi connectivity index (χ4n) is 4.76. The highest BCUT2D eigenvalue weighted by Crippen LogP contribution is 2.25. The number of carbonyl (C=O) groups is 1. The molecule has 1 aromatic carbocycles. The Balaban J connectivity index is 2.00. The Morgan fingerprint density at radius 3 is 2.05 bits per heavy atom. The molecule has 37 heavy (non-hydrogen) atoms. The molecule has 2 heterocycles. The summed E-state index contributed by atoms with van der Waals surface area (Å²) >= 11 is 0. The number of nitrogens with one attached hydrogen (secondary N) is 1. The lowest BCUT2D eigenvalue weighted by Crippen LogP contribution is -2.39. The number of nitrogens with zero attached hydrogens (tertiary/aromatic N) is 5. The number of rotatable bonds is 15. The summed E-state index contributed by atoms with van der Waals surface area (Å²) in [7, 11) is 0. The zero-order valence-corrected chi connectivity index (χ0v) is 23.9. The molecule has 0 amide bonds. The molecule has 0 saturated carbocycles. The monoisotopic (exact) mass is 506 g/mol. The van der Waals surface area contributed by atoms with Crippen molar-refractivity contribution < 1.29 is 4.79 Å². The van der Waals surface area contributed by atoms with Crippen molar-refractivity contribution in [2.45, 2.75) is 92.8 Å². The Morgan fingerprint density at radius 2 is 1.51 bits per heavy atom. The molecule has 0 radical (unpaired) electrons. The van der Waals surface area contributed by atoms with Crippen molar-refractivity contribution in [2.75, 3.05) is 29.9 Å². The first kappa shape index (κ1) is 28.6. The van der Waals surface area contributed by atoms with Gasteiger partial charge in [-0.05, 0) is 83.9 Å². The van der Waals surface area contributed by atoms with Crippen molar-refractivity contribution in [2.24, 2.45) is 0 Å². The maximum atomic E-state index is 11.7. The van der Waals surface area contributed by atoms with E-state index in [1.54, 1.807) is 6.92 Å². The first-order valence-electron chi connectivity index (χ1n) is 14.0. The maximum Gasteiger partial charge on any atom is 0.209 e. The highest BCUT2D eigenvalue weighted by Gasteiger charge is 2.19. The molecule has 0 fully saturated rings. The fourth-order valence-corrected chi connectivity index (χ4v) is 4.76. The van der Waals surface area contributed by atoms with Crippen LogP contribution in [0.15, 0.2) is 36.4 Å². The van der Waals surface area contributed by atoms with E-state index < -0.39 is 0 Å². The SMILES string of the molecule is CCCCN(CCCC)c1ccc2nc(Nc3ccc(C(C)=O)cc3)n(CCN(C(C)C)C(C)C)c2n1. The van der Waals surface area contributed by atoms with Crippen LogP contribution in [0.5, 0.6) is 0 Å². The number of aromatic nitrogens is 3. The quantitative estimate of drug-likeness (QED) is 0.226. The van der Waals surface area contributed by atoms with E-state index in [0.717, 1.165) is 67.6 Å². The largest absolute Gasteiger partial charge is 0.357 e. The third-order valence-corrected chi connectivity index (χ3v) is 6.92. The molecule has 3 rings (SSSR count). The number of Topliss-reactive ketones (excluding diaryl/α,β-unsaturated/α-hetero) is 1. The minimum absolute atomic E-state index is 0.0636. The number of anilines is 3. The van der Waals surface area contributed by atoms with Gasteiger partial charge in [0.2, 0.25) is 5.95 Å². The summed E-state index contributed by atoms with van der Waals surface area (Å²) in [4.78, 5) is 26.7. The van der Waals surface area contributed by atoms with Gasteiger partial charge in [-0.25, -0.2) is 9.97 Å². The van der Waals surface area contributed by atoms with Gasteiger partial charge in [0.15, 0.2) is 11.4 Å². The minimum atomic E-state index is 0.0636. The van der Waals surface area contributed by atoms with Crippen LogP contribution in [-0.4, -0.2) is 56.9 Å². The van der Waals surface area contributed by atoms with Crippen molar-refractivity contribution in [1.82, 2.24) is 19.4 Å². The van der Waals surface area contributed by atoms with Crippen LogP contribution in [0.3, 0.4) is 0 Å². The smallest absolute Gasteiger partial charge is 0.209 e. The summed E-state index contributed by atoms with van der Waals surface area (Å²) in [5.41, 5.74) is 3.40. The van der Waals surface area contributed by atoms with E-state index in [2.05, 4.69) is 73.4 Å². The molecule has 0 atom stereocenters. The second kappa shape index (κ2) is 13.6. The van der Waals surface area contributed by atoms with Crippen LogP contribution in [0, 0.1) is 0 Å². The number of hydrogen-bond donors (Lipinski definition) is 1. The van der Waals surface area contributed by atoms with Gasteiger partial charge < -0.3 is 10.2 Å². The Bertz CT molecular complexity index is 1120. The predicted octanol–water partition coefficient (Wildman–Crippen LogP) is 6.90. The number of benzene rings is 1. The Hall–Kier alpha value is -2.93. The summed E-state index contributed by atoms with van der Waals surface area (Å²) in [6, 6.07) is 12.7. The van der Waals surface area contributed by atoms with Gasteiger partial charge in [0.25, 0.3) is 0 Å². The molecule has 0 aliphatic carbocycles. The molecule has 0 spiro atoms. The molecule has 7 heteroatoms.